The highest BCUT2D eigenvalue weighted by atomic mass is 19.1. The maximum atomic E-state index is 13.5. The van der Waals surface area contributed by atoms with Gasteiger partial charge in [0.05, 0.1) is 5.92 Å². The van der Waals surface area contributed by atoms with Gasteiger partial charge in [0.25, 0.3) is 0 Å². The molecule has 0 aliphatic heterocycles. The minimum atomic E-state index is -1.28. The Kier molecular flexibility index (Phi) is 7.03. The van der Waals surface area contributed by atoms with Crippen molar-refractivity contribution in [2.45, 2.75) is 19.8 Å². The van der Waals surface area contributed by atoms with Crippen LogP contribution in [-0.2, 0) is 9.59 Å². The predicted molar refractivity (Wildman–Crippen MR) is 116 cm³/mol. The average molecular weight is 418 g/mol. The molecular weight excluding hydrogens is 395 g/mol. The Morgan fingerprint density at radius 3 is 2.16 bits per heavy atom. The molecule has 158 valence electrons. The van der Waals surface area contributed by atoms with Crippen LogP contribution in [0.3, 0.4) is 0 Å². The molecule has 2 unspecified atom stereocenters. The highest BCUT2D eigenvalue weighted by Crippen LogP contribution is 2.32. The molecule has 1 amide bonds. The van der Waals surface area contributed by atoms with E-state index >= 15 is 0 Å². The lowest BCUT2D eigenvalue weighted by molar-refractivity contribution is -0.133. The number of aromatic nitrogens is 1. The number of rotatable bonds is 8. The molecule has 1 heterocycles. The van der Waals surface area contributed by atoms with Crippen molar-refractivity contribution in [3.8, 4) is 0 Å². The summed E-state index contributed by atoms with van der Waals surface area (Å²) in [6.45, 7) is 3.38. The molecule has 0 saturated carbocycles. The molecule has 3 rings (SSSR count). The zero-order valence-corrected chi connectivity index (χ0v) is 17.3. The molecule has 0 saturated heterocycles. The van der Waals surface area contributed by atoms with E-state index in [1.165, 1.54) is 30.5 Å². The molecule has 2 atom stereocenters. The molecule has 0 aliphatic rings. The van der Waals surface area contributed by atoms with Gasteiger partial charge >= 0.3 is 0 Å². The number of Topliss-reactive ketones (excluding diaryl/α,β-unsaturated/α-hetero) is 2. The van der Waals surface area contributed by atoms with E-state index in [0.29, 0.717) is 11.3 Å². The smallest absolute Gasteiger partial charge is 0.236 e. The average Bonchev–Trinajstić information content (AvgIpc) is 2.78. The molecule has 0 radical (unpaired) electrons. The van der Waals surface area contributed by atoms with Crippen LogP contribution in [0.25, 0.3) is 0 Å². The Morgan fingerprint density at radius 2 is 1.58 bits per heavy atom. The molecule has 0 spiro atoms. The van der Waals surface area contributed by atoms with Gasteiger partial charge < -0.3 is 5.32 Å². The van der Waals surface area contributed by atoms with Gasteiger partial charge in [0.1, 0.15) is 17.5 Å². The van der Waals surface area contributed by atoms with Gasteiger partial charge in [-0.1, -0.05) is 38.1 Å². The molecule has 0 aliphatic carbocycles. The van der Waals surface area contributed by atoms with E-state index in [1.807, 2.05) is 6.07 Å². The number of anilines is 1. The molecule has 2 aromatic carbocycles. The van der Waals surface area contributed by atoms with Gasteiger partial charge in [0.2, 0.25) is 5.91 Å². The van der Waals surface area contributed by atoms with Crippen LogP contribution in [0, 0.1) is 17.7 Å². The van der Waals surface area contributed by atoms with E-state index in [-0.39, 0.29) is 11.3 Å². The number of amides is 1. The molecular formula is C25H23FN2O3. The second-order valence-electron chi connectivity index (χ2n) is 7.53. The minimum Gasteiger partial charge on any atom is -0.325 e. The van der Waals surface area contributed by atoms with Gasteiger partial charge in [0, 0.05) is 29.6 Å². The van der Waals surface area contributed by atoms with Gasteiger partial charge in [0.15, 0.2) is 5.78 Å². The van der Waals surface area contributed by atoms with E-state index in [1.54, 1.807) is 56.4 Å². The van der Waals surface area contributed by atoms with E-state index in [0.717, 1.165) is 0 Å². The third kappa shape index (κ3) is 5.28. The molecule has 1 N–H and O–H groups in total. The first kappa shape index (κ1) is 22.0. The zero-order chi connectivity index (χ0) is 22.4. The number of halogens is 1. The van der Waals surface area contributed by atoms with E-state index in [9.17, 15) is 18.8 Å². The number of nitrogens with one attached hydrogen (secondary N) is 1. The minimum absolute atomic E-state index is 0.212. The normalized spacial score (nSPS) is 12.8. The summed E-state index contributed by atoms with van der Waals surface area (Å²) in [4.78, 5) is 44.1. The second-order valence-corrected chi connectivity index (χ2v) is 7.53. The van der Waals surface area contributed by atoms with Crippen LogP contribution in [0.5, 0.6) is 0 Å². The van der Waals surface area contributed by atoms with E-state index in [4.69, 9.17) is 0 Å². The molecule has 0 fully saturated rings. The molecule has 3 aromatic rings. The largest absolute Gasteiger partial charge is 0.325 e. The highest BCUT2D eigenvalue weighted by molar-refractivity contribution is 6.14. The lowest BCUT2D eigenvalue weighted by Crippen LogP contribution is -2.40. The Labute approximate surface area is 180 Å². The lowest BCUT2D eigenvalue weighted by Gasteiger charge is -2.26. The van der Waals surface area contributed by atoms with E-state index < -0.39 is 35.3 Å². The number of nitrogens with zero attached hydrogens (tertiary/aromatic N) is 1. The topological polar surface area (TPSA) is 76.1 Å². The number of benzene rings is 2. The summed E-state index contributed by atoms with van der Waals surface area (Å²) in [7, 11) is 0. The fraction of sp³-hybridized carbons (Fsp3) is 0.200. The molecule has 31 heavy (non-hydrogen) atoms. The third-order valence-corrected chi connectivity index (χ3v) is 4.99. The monoisotopic (exact) mass is 418 g/mol. The van der Waals surface area contributed by atoms with Gasteiger partial charge in [-0.15, -0.1) is 0 Å². The Balaban J connectivity index is 2.08. The first-order valence-electron chi connectivity index (χ1n) is 9.98. The quantitative estimate of drug-likeness (QED) is 0.426. The Hall–Kier alpha value is -3.67. The predicted octanol–water partition coefficient (Wildman–Crippen LogP) is 4.67. The third-order valence-electron chi connectivity index (χ3n) is 4.99. The number of para-hydroxylation sites is 1. The van der Waals surface area contributed by atoms with Crippen LogP contribution in [0.1, 0.15) is 35.7 Å². The lowest BCUT2D eigenvalue weighted by atomic mass is 9.76. The maximum Gasteiger partial charge on any atom is 0.236 e. The number of pyridine rings is 1. The van der Waals surface area contributed by atoms with Crippen LogP contribution < -0.4 is 5.32 Å². The van der Waals surface area contributed by atoms with Crippen LogP contribution in [-0.4, -0.2) is 22.5 Å². The fourth-order valence-corrected chi connectivity index (χ4v) is 3.39. The second kappa shape index (κ2) is 9.89. The van der Waals surface area contributed by atoms with Gasteiger partial charge in [-0.25, -0.2) is 4.39 Å². The number of hydrogen-bond donors (Lipinski definition) is 1. The summed E-state index contributed by atoms with van der Waals surface area (Å²) in [5, 5.41) is 2.75. The summed E-state index contributed by atoms with van der Waals surface area (Å²) >= 11 is 0. The Morgan fingerprint density at radius 1 is 0.903 bits per heavy atom. The number of carbonyl (C=O) groups excluding carboxylic acids is 3. The zero-order valence-electron chi connectivity index (χ0n) is 17.3. The number of hydrogen-bond acceptors (Lipinski definition) is 4. The standard InChI is InChI=1S/C25H23FN2O3/c1-16(2)23(29)22(25(31)28-20-8-4-3-5-9-20)21(18-7-6-14-27-15-18)24(30)17-10-12-19(26)13-11-17/h3-16,21-22H,1-2H3,(H,28,31). The number of ketones is 2. The highest BCUT2D eigenvalue weighted by Gasteiger charge is 2.41. The van der Waals surface area contributed by atoms with Crippen molar-refractivity contribution in [2.24, 2.45) is 11.8 Å². The van der Waals surface area contributed by atoms with Crippen molar-refractivity contribution < 1.29 is 18.8 Å². The van der Waals surface area contributed by atoms with Crippen molar-refractivity contribution in [1.82, 2.24) is 4.98 Å². The summed E-state index contributed by atoms with van der Waals surface area (Å²) in [5.41, 5.74) is 1.18. The molecule has 6 heteroatoms. The van der Waals surface area contributed by atoms with Gasteiger partial charge in [-0.05, 0) is 48.0 Å². The van der Waals surface area contributed by atoms with E-state index in [2.05, 4.69) is 10.3 Å². The maximum absolute atomic E-state index is 13.5. The van der Waals surface area contributed by atoms with Crippen molar-refractivity contribution in [2.75, 3.05) is 5.32 Å². The van der Waals surface area contributed by atoms with Crippen LogP contribution in [0.2, 0.25) is 0 Å². The molecule has 5 nitrogen and oxygen atoms in total. The van der Waals surface area contributed by atoms with Crippen molar-refractivity contribution in [3.63, 3.8) is 0 Å². The van der Waals surface area contributed by atoms with Crippen LogP contribution in [0.4, 0.5) is 10.1 Å². The number of carbonyl (C=O) groups is 3. The van der Waals surface area contributed by atoms with Crippen molar-refractivity contribution in [3.05, 3.63) is 96.1 Å². The summed E-state index contributed by atoms with van der Waals surface area (Å²) in [6.07, 6.45) is 3.02. The van der Waals surface area contributed by atoms with Crippen molar-refractivity contribution in [1.29, 1.82) is 0 Å². The first-order chi connectivity index (χ1) is 14.9. The Bertz CT molecular complexity index is 1050. The van der Waals surface area contributed by atoms with Gasteiger partial charge in [-0.3, -0.25) is 19.4 Å². The van der Waals surface area contributed by atoms with Crippen LogP contribution in [0.15, 0.2) is 79.1 Å². The summed E-state index contributed by atoms with van der Waals surface area (Å²) < 4.78 is 13.4. The fourth-order valence-electron chi connectivity index (χ4n) is 3.39. The first-order valence-corrected chi connectivity index (χ1v) is 9.98. The molecule has 1 aromatic heterocycles. The van der Waals surface area contributed by atoms with Gasteiger partial charge in [-0.2, -0.15) is 0 Å². The van der Waals surface area contributed by atoms with Crippen molar-refractivity contribution >= 4 is 23.2 Å². The summed E-state index contributed by atoms with van der Waals surface area (Å²) in [5.74, 6) is -4.72. The summed E-state index contributed by atoms with van der Waals surface area (Å²) in [6, 6.07) is 17.1. The SMILES string of the molecule is CC(C)C(=O)C(C(=O)Nc1ccccc1)C(C(=O)c1ccc(F)cc1)c1cccnc1. The van der Waals surface area contributed by atoms with Crippen LogP contribution >= 0.6 is 0 Å². The molecule has 0 bridgehead atoms.